The highest BCUT2D eigenvalue weighted by Crippen LogP contribution is 2.34. The van der Waals surface area contributed by atoms with E-state index in [2.05, 4.69) is 5.16 Å². The lowest BCUT2D eigenvalue weighted by atomic mass is 10.1. The van der Waals surface area contributed by atoms with E-state index in [0.717, 1.165) is 0 Å². The molecular formula is C18H23FN4O4. The van der Waals surface area contributed by atoms with Crippen LogP contribution in [0.5, 0.6) is 5.75 Å². The predicted octanol–water partition coefficient (Wildman–Crippen LogP) is 1.35. The Balaban J connectivity index is 2.03. The van der Waals surface area contributed by atoms with Gasteiger partial charge in [0, 0.05) is 39.3 Å². The molecule has 1 amide bonds. The molecule has 3 rings (SSSR count). The fourth-order valence-electron chi connectivity index (χ4n) is 2.98. The Morgan fingerprint density at radius 3 is 2.93 bits per heavy atom. The first kappa shape index (κ1) is 19.1. The van der Waals surface area contributed by atoms with Gasteiger partial charge in [0.25, 0.3) is 5.91 Å². The number of ether oxygens (including phenoxy) is 2. The first-order chi connectivity index (χ1) is 13.0. The van der Waals surface area contributed by atoms with Crippen molar-refractivity contribution in [1.29, 1.82) is 0 Å². The summed E-state index contributed by atoms with van der Waals surface area (Å²) in [5.74, 6) is -0.0180. The Morgan fingerprint density at radius 2 is 2.26 bits per heavy atom. The van der Waals surface area contributed by atoms with Crippen molar-refractivity contribution in [2.45, 2.75) is 6.10 Å². The van der Waals surface area contributed by atoms with Crippen LogP contribution in [0.15, 0.2) is 22.7 Å². The summed E-state index contributed by atoms with van der Waals surface area (Å²) in [4.78, 5) is 16.6. The number of nitrogens with two attached hydrogens (primary N) is 1. The van der Waals surface area contributed by atoms with E-state index in [-0.39, 0.29) is 23.5 Å². The summed E-state index contributed by atoms with van der Waals surface area (Å²) in [7, 11) is 4.91. The number of anilines is 1. The number of hydrogen-bond acceptors (Lipinski definition) is 7. The Hall–Kier alpha value is -2.65. The molecule has 0 radical (unpaired) electrons. The van der Waals surface area contributed by atoms with Gasteiger partial charge in [-0.15, -0.1) is 0 Å². The second kappa shape index (κ2) is 7.93. The minimum absolute atomic E-state index is 0.0586. The van der Waals surface area contributed by atoms with E-state index in [9.17, 15) is 9.18 Å². The van der Waals surface area contributed by atoms with E-state index in [0.29, 0.717) is 43.2 Å². The zero-order valence-electron chi connectivity index (χ0n) is 15.6. The number of carbonyl (C=O) groups is 1. The Morgan fingerprint density at radius 1 is 1.48 bits per heavy atom. The Kier molecular flexibility index (Phi) is 5.62. The summed E-state index contributed by atoms with van der Waals surface area (Å²) in [5, 5.41) is 4.04. The number of benzene rings is 1. The molecule has 1 fully saturated rings. The maximum Gasteiger partial charge on any atom is 0.261 e. The average Bonchev–Trinajstić information content (AvgIpc) is 3.13. The molecule has 1 atom stereocenters. The smallest absolute Gasteiger partial charge is 0.261 e. The van der Waals surface area contributed by atoms with Gasteiger partial charge >= 0.3 is 0 Å². The van der Waals surface area contributed by atoms with Gasteiger partial charge in [-0.05, 0) is 18.2 Å². The lowest BCUT2D eigenvalue weighted by molar-refractivity contribution is -0.0167. The molecule has 1 aromatic heterocycles. The van der Waals surface area contributed by atoms with Crippen molar-refractivity contribution in [3.63, 3.8) is 0 Å². The number of nitrogens with zero attached hydrogens (tertiary/aromatic N) is 3. The van der Waals surface area contributed by atoms with E-state index in [4.69, 9.17) is 19.7 Å². The first-order valence-corrected chi connectivity index (χ1v) is 8.58. The van der Waals surface area contributed by atoms with Crippen molar-refractivity contribution in [1.82, 2.24) is 10.1 Å². The number of morpholine rings is 1. The molecule has 27 heavy (non-hydrogen) atoms. The highest BCUT2D eigenvalue weighted by Gasteiger charge is 2.32. The van der Waals surface area contributed by atoms with E-state index in [1.54, 1.807) is 23.9 Å². The summed E-state index contributed by atoms with van der Waals surface area (Å²) < 4.78 is 29.8. The van der Waals surface area contributed by atoms with Gasteiger partial charge in [-0.3, -0.25) is 4.79 Å². The molecule has 2 aromatic rings. The van der Waals surface area contributed by atoms with Gasteiger partial charge in [0.2, 0.25) is 0 Å². The van der Waals surface area contributed by atoms with Gasteiger partial charge in [0.15, 0.2) is 23.1 Å². The van der Waals surface area contributed by atoms with Gasteiger partial charge in [-0.25, -0.2) is 4.39 Å². The van der Waals surface area contributed by atoms with Gasteiger partial charge < -0.3 is 29.5 Å². The lowest BCUT2D eigenvalue weighted by Gasteiger charge is -2.32. The lowest BCUT2D eigenvalue weighted by Crippen LogP contribution is -2.48. The highest BCUT2D eigenvalue weighted by molar-refractivity contribution is 6.04. The SMILES string of the molecule is COc1cc(-c2onc(N(C)C)c2C(=O)N2CCOC(CN)C2)ccc1F. The molecule has 9 heteroatoms. The zero-order chi connectivity index (χ0) is 19.6. The average molecular weight is 378 g/mol. The fourth-order valence-corrected chi connectivity index (χ4v) is 2.98. The largest absolute Gasteiger partial charge is 0.494 e. The topological polar surface area (TPSA) is 94.1 Å². The second-order valence-electron chi connectivity index (χ2n) is 6.43. The van der Waals surface area contributed by atoms with Crippen LogP contribution in [0.1, 0.15) is 10.4 Å². The molecule has 146 valence electrons. The third-order valence-electron chi connectivity index (χ3n) is 4.41. The molecule has 2 heterocycles. The predicted molar refractivity (Wildman–Crippen MR) is 97.5 cm³/mol. The molecule has 1 aliphatic heterocycles. The third-order valence-corrected chi connectivity index (χ3v) is 4.41. The molecule has 0 bridgehead atoms. The highest BCUT2D eigenvalue weighted by atomic mass is 19.1. The molecule has 2 N–H and O–H groups in total. The van der Waals surface area contributed by atoms with Crippen molar-refractivity contribution in [2.24, 2.45) is 5.73 Å². The van der Waals surface area contributed by atoms with Crippen molar-refractivity contribution in [3.05, 3.63) is 29.6 Å². The number of hydrogen-bond donors (Lipinski definition) is 1. The molecular weight excluding hydrogens is 355 g/mol. The van der Waals surface area contributed by atoms with Crippen LogP contribution in [0.2, 0.25) is 0 Å². The summed E-state index contributed by atoms with van der Waals surface area (Å²) in [6.45, 7) is 1.57. The number of methoxy groups -OCH3 is 1. The molecule has 8 nitrogen and oxygen atoms in total. The molecule has 0 saturated carbocycles. The summed E-state index contributed by atoms with van der Waals surface area (Å²) in [6, 6.07) is 4.27. The van der Waals surface area contributed by atoms with Crippen LogP contribution in [-0.4, -0.2) is 69.5 Å². The summed E-state index contributed by atoms with van der Waals surface area (Å²) >= 11 is 0. The fraction of sp³-hybridized carbons (Fsp3) is 0.444. The van der Waals surface area contributed by atoms with Gasteiger partial charge in [0.1, 0.15) is 5.56 Å². The molecule has 1 saturated heterocycles. The monoisotopic (exact) mass is 378 g/mol. The minimum atomic E-state index is -0.500. The van der Waals surface area contributed by atoms with Crippen LogP contribution >= 0.6 is 0 Å². The molecule has 1 aliphatic rings. The van der Waals surface area contributed by atoms with Crippen molar-refractivity contribution < 1.29 is 23.2 Å². The maximum atomic E-state index is 13.8. The first-order valence-electron chi connectivity index (χ1n) is 8.58. The van der Waals surface area contributed by atoms with Gasteiger partial charge in [-0.1, -0.05) is 5.16 Å². The minimum Gasteiger partial charge on any atom is -0.494 e. The van der Waals surface area contributed by atoms with E-state index in [1.165, 1.54) is 25.3 Å². The van der Waals surface area contributed by atoms with Gasteiger partial charge in [-0.2, -0.15) is 0 Å². The number of rotatable bonds is 5. The summed E-state index contributed by atoms with van der Waals surface area (Å²) in [6.07, 6.45) is -0.209. The summed E-state index contributed by atoms with van der Waals surface area (Å²) in [5.41, 5.74) is 6.49. The van der Waals surface area contributed by atoms with Crippen LogP contribution < -0.4 is 15.4 Å². The van der Waals surface area contributed by atoms with E-state index >= 15 is 0 Å². The van der Waals surface area contributed by atoms with Gasteiger partial charge in [0.05, 0.1) is 19.8 Å². The molecule has 0 spiro atoms. The van der Waals surface area contributed by atoms with Crippen LogP contribution in [-0.2, 0) is 4.74 Å². The quantitative estimate of drug-likeness (QED) is 0.839. The molecule has 0 aliphatic carbocycles. The molecule has 1 unspecified atom stereocenters. The van der Waals surface area contributed by atoms with Crippen LogP contribution in [0.4, 0.5) is 10.2 Å². The second-order valence-corrected chi connectivity index (χ2v) is 6.43. The number of halogens is 1. The standard InChI is InChI=1S/C18H23FN4O4/c1-22(2)17-15(18(24)23-6-7-26-12(9-20)10-23)16(27-21-17)11-4-5-13(19)14(8-11)25-3/h4-5,8,12H,6-7,9-10,20H2,1-3H3. The Labute approximate surface area is 156 Å². The normalized spacial score (nSPS) is 17.1. The maximum absolute atomic E-state index is 13.8. The van der Waals surface area contributed by atoms with Crippen LogP contribution in [0, 0.1) is 5.82 Å². The van der Waals surface area contributed by atoms with E-state index < -0.39 is 5.82 Å². The van der Waals surface area contributed by atoms with Crippen molar-refractivity contribution in [2.75, 3.05) is 52.3 Å². The third kappa shape index (κ3) is 3.74. The number of aromatic nitrogens is 1. The number of carbonyl (C=O) groups excluding carboxylic acids is 1. The van der Waals surface area contributed by atoms with E-state index in [1.807, 2.05) is 0 Å². The van der Waals surface area contributed by atoms with Crippen LogP contribution in [0.25, 0.3) is 11.3 Å². The van der Waals surface area contributed by atoms with Crippen molar-refractivity contribution in [3.8, 4) is 17.1 Å². The Bertz CT molecular complexity index is 824. The molecule has 1 aromatic carbocycles. The van der Waals surface area contributed by atoms with Crippen molar-refractivity contribution >= 4 is 11.7 Å². The van der Waals surface area contributed by atoms with Crippen LogP contribution in [0.3, 0.4) is 0 Å². The zero-order valence-corrected chi connectivity index (χ0v) is 15.6. The number of amides is 1.